The number of hydrogen-bond donors (Lipinski definition) is 0. The zero-order chi connectivity index (χ0) is 10.1. The first-order valence-electron chi connectivity index (χ1n) is 6.66. The first-order valence-corrected chi connectivity index (χ1v) is 6.66. The van der Waals surface area contributed by atoms with Crippen LogP contribution in [0.4, 0.5) is 0 Å². The minimum atomic E-state index is 0.924. The summed E-state index contributed by atoms with van der Waals surface area (Å²) in [5.41, 5.74) is 0. The maximum absolute atomic E-state index is 2.45. The van der Waals surface area contributed by atoms with Gasteiger partial charge in [0.1, 0.15) is 0 Å². The molecule has 0 aromatic rings. The van der Waals surface area contributed by atoms with E-state index in [1.54, 1.807) is 12.8 Å². The number of fused-ring (bicyclic) bond motifs is 1. The van der Waals surface area contributed by atoms with Crippen LogP contribution < -0.4 is 0 Å². The summed E-state index contributed by atoms with van der Waals surface area (Å²) in [5.74, 6) is 5.19. The van der Waals surface area contributed by atoms with E-state index in [9.17, 15) is 0 Å². The molecule has 2 saturated carbocycles. The van der Waals surface area contributed by atoms with E-state index < -0.39 is 0 Å². The van der Waals surface area contributed by atoms with Gasteiger partial charge in [0.05, 0.1) is 0 Å². The van der Waals surface area contributed by atoms with Crippen molar-refractivity contribution in [1.82, 2.24) is 0 Å². The first kappa shape index (κ1) is 10.5. The van der Waals surface area contributed by atoms with Gasteiger partial charge in [-0.05, 0) is 61.7 Å². The highest BCUT2D eigenvalue weighted by atomic mass is 14.4. The van der Waals surface area contributed by atoms with Crippen LogP contribution in [0.1, 0.15) is 59.3 Å². The Hall–Kier alpha value is 0. The molecule has 0 nitrogen and oxygen atoms in total. The van der Waals surface area contributed by atoms with Crippen molar-refractivity contribution in [2.75, 3.05) is 0 Å². The fourth-order valence-corrected chi connectivity index (χ4v) is 3.77. The Morgan fingerprint density at radius 2 is 1.57 bits per heavy atom. The maximum atomic E-state index is 2.45. The van der Waals surface area contributed by atoms with Crippen LogP contribution in [-0.2, 0) is 0 Å². The summed E-state index contributed by atoms with van der Waals surface area (Å²) in [5, 5.41) is 0. The van der Waals surface area contributed by atoms with Gasteiger partial charge in [-0.25, -0.2) is 0 Å². The van der Waals surface area contributed by atoms with Gasteiger partial charge in [-0.15, -0.1) is 0 Å². The van der Waals surface area contributed by atoms with Crippen molar-refractivity contribution in [2.24, 2.45) is 29.6 Å². The van der Waals surface area contributed by atoms with E-state index >= 15 is 0 Å². The van der Waals surface area contributed by atoms with Crippen molar-refractivity contribution in [3.63, 3.8) is 0 Å². The summed E-state index contributed by atoms with van der Waals surface area (Å²) in [4.78, 5) is 0. The molecule has 82 valence electrons. The molecular formula is C14H26. The van der Waals surface area contributed by atoms with Gasteiger partial charge in [0.15, 0.2) is 0 Å². The first-order chi connectivity index (χ1) is 6.66. The third kappa shape index (κ3) is 2.15. The predicted octanol–water partition coefficient (Wildman–Crippen LogP) is 4.49. The Labute approximate surface area is 89.5 Å². The van der Waals surface area contributed by atoms with E-state index in [0.29, 0.717) is 0 Å². The fourth-order valence-electron chi connectivity index (χ4n) is 3.77. The third-order valence-electron chi connectivity index (χ3n) is 4.86. The maximum Gasteiger partial charge on any atom is -0.0381 e. The molecule has 0 radical (unpaired) electrons. The molecule has 0 amide bonds. The van der Waals surface area contributed by atoms with Gasteiger partial charge in [0, 0.05) is 0 Å². The molecule has 2 rings (SSSR count). The van der Waals surface area contributed by atoms with Gasteiger partial charge >= 0.3 is 0 Å². The topological polar surface area (TPSA) is 0 Å². The van der Waals surface area contributed by atoms with Crippen LogP contribution in [0, 0.1) is 29.6 Å². The molecule has 0 bridgehead atoms. The Morgan fingerprint density at radius 1 is 0.857 bits per heavy atom. The van der Waals surface area contributed by atoms with Crippen LogP contribution in [0.2, 0.25) is 0 Å². The summed E-state index contributed by atoms with van der Waals surface area (Å²) in [6.45, 7) is 7.28. The summed E-state index contributed by atoms with van der Waals surface area (Å²) in [6.07, 6.45) is 9.19. The lowest BCUT2D eigenvalue weighted by molar-refractivity contribution is 0.0861. The second-order valence-corrected chi connectivity index (χ2v) is 6.26. The Kier molecular flexibility index (Phi) is 3.19. The number of hydrogen-bond acceptors (Lipinski definition) is 0. The van der Waals surface area contributed by atoms with Crippen molar-refractivity contribution in [3.8, 4) is 0 Å². The van der Waals surface area contributed by atoms with E-state index in [2.05, 4.69) is 20.8 Å². The second kappa shape index (κ2) is 4.24. The van der Waals surface area contributed by atoms with Crippen LogP contribution in [0.3, 0.4) is 0 Å². The zero-order valence-electron chi connectivity index (χ0n) is 10.1. The van der Waals surface area contributed by atoms with Gasteiger partial charge < -0.3 is 0 Å². The standard InChI is InChI=1S/C14H26/c1-10(2)13-7-6-12-5-4-11(3)8-14(12)9-13/h10-14H,4-9H2,1-3H3. The summed E-state index contributed by atoms with van der Waals surface area (Å²) in [6, 6.07) is 0. The van der Waals surface area contributed by atoms with Crippen LogP contribution in [0.25, 0.3) is 0 Å². The summed E-state index contributed by atoms with van der Waals surface area (Å²) >= 11 is 0. The monoisotopic (exact) mass is 194 g/mol. The molecule has 0 spiro atoms. The SMILES string of the molecule is CC1CCC2CCC(C(C)C)CC2C1. The molecule has 2 aliphatic rings. The molecule has 0 N–H and O–H groups in total. The highest BCUT2D eigenvalue weighted by Gasteiger charge is 2.34. The van der Waals surface area contributed by atoms with Gasteiger partial charge in [0.2, 0.25) is 0 Å². The Morgan fingerprint density at radius 3 is 2.29 bits per heavy atom. The van der Waals surface area contributed by atoms with E-state index in [0.717, 1.165) is 29.6 Å². The zero-order valence-corrected chi connectivity index (χ0v) is 10.1. The molecule has 0 heterocycles. The molecule has 14 heavy (non-hydrogen) atoms. The minimum absolute atomic E-state index is 0.924. The molecule has 0 heteroatoms. The van der Waals surface area contributed by atoms with Crippen molar-refractivity contribution >= 4 is 0 Å². The van der Waals surface area contributed by atoms with E-state index in [-0.39, 0.29) is 0 Å². The quantitative estimate of drug-likeness (QED) is 0.577. The minimum Gasteiger partial charge on any atom is -0.0625 e. The fraction of sp³-hybridized carbons (Fsp3) is 1.00. The van der Waals surface area contributed by atoms with Crippen LogP contribution in [0.15, 0.2) is 0 Å². The molecule has 0 aromatic heterocycles. The highest BCUT2D eigenvalue weighted by molar-refractivity contribution is 4.85. The second-order valence-electron chi connectivity index (χ2n) is 6.26. The lowest BCUT2D eigenvalue weighted by atomic mass is 9.63. The molecule has 2 aliphatic carbocycles. The van der Waals surface area contributed by atoms with Crippen molar-refractivity contribution in [1.29, 1.82) is 0 Å². The average Bonchev–Trinajstić information content (AvgIpc) is 2.16. The summed E-state index contributed by atoms with van der Waals surface area (Å²) < 4.78 is 0. The normalized spacial score (nSPS) is 43.7. The van der Waals surface area contributed by atoms with Crippen LogP contribution in [0.5, 0.6) is 0 Å². The summed E-state index contributed by atoms with van der Waals surface area (Å²) in [7, 11) is 0. The van der Waals surface area contributed by atoms with Gasteiger partial charge in [-0.2, -0.15) is 0 Å². The Balaban J connectivity index is 1.93. The van der Waals surface area contributed by atoms with Crippen LogP contribution in [-0.4, -0.2) is 0 Å². The van der Waals surface area contributed by atoms with E-state index in [4.69, 9.17) is 0 Å². The average molecular weight is 194 g/mol. The molecule has 0 aliphatic heterocycles. The number of rotatable bonds is 1. The van der Waals surface area contributed by atoms with Crippen molar-refractivity contribution in [2.45, 2.75) is 59.3 Å². The Bertz CT molecular complexity index is 182. The van der Waals surface area contributed by atoms with Gasteiger partial charge in [0.25, 0.3) is 0 Å². The molecule has 4 unspecified atom stereocenters. The molecule has 0 aromatic carbocycles. The van der Waals surface area contributed by atoms with Crippen molar-refractivity contribution in [3.05, 3.63) is 0 Å². The van der Waals surface area contributed by atoms with Crippen LogP contribution >= 0.6 is 0 Å². The van der Waals surface area contributed by atoms with E-state index in [1.807, 2.05) is 0 Å². The molecule has 4 atom stereocenters. The lowest BCUT2D eigenvalue weighted by Gasteiger charge is -2.42. The molecule has 2 fully saturated rings. The largest absolute Gasteiger partial charge is 0.0625 e. The third-order valence-corrected chi connectivity index (χ3v) is 4.86. The highest BCUT2D eigenvalue weighted by Crippen LogP contribution is 2.46. The smallest absolute Gasteiger partial charge is 0.0381 e. The lowest BCUT2D eigenvalue weighted by Crippen LogP contribution is -2.31. The predicted molar refractivity (Wildman–Crippen MR) is 62.2 cm³/mol. The van der Waals surface area contributed by atoms with Crippen molar-refractivity contribution < 1.29 is 0 Å². The van der Waals surface area contributed by atoms with Gasteiger partial charge in [-0.3, -0.25) is 0 Å². The molecular weight excluding hydrogens is 168 g/mol. The molecule has 0 saturated heterocycles. The van der Waals surface area contributed by atoms with Gasteiger partial charge in [-0.1, -0.05) is 27.2 Å². The van der Waals surface area contributed by atoms with E-state index in [1.165, 1.54) is 25.7 Å².